The van der Waals surface area contributed by atoms with E-state index in [-0.39, 0.29) is 12.6 Å². The van der Waals surface area contributed by atoms with Gasteiger partial charge in [-0.15, -0.1) is 0 Å². The zero-order valence-electron chi connectivity index (χ0n) is 8.58. The molecule has 0 amide bonds. The Morgan fingerprint density at radius 2 is 2.38 bits per heavy atom. The van der Waals surface area contributed by atoms with Crippen molar-refractivity contribution in [3.05, 3.63) is 0 Å². The van der Waals surface area contributed by atoms with Crippen LogP contribution in [0.2, 0.25) is 0 Å². The summed E-state index contributed by atoms with van der Waals surface area (Å²) in [6, 6.07) is 0.153. The van der Waals surface area contributed by atoms with Gasteiger partial charge in [0.1, 0.15) is 0 Å². The van der Waals surface area contributed by atoms with Gasteiger partial charge in [0, 0.05) is 25.7 Å². The normalized spacial score (nSPS) is 26.5. The third-order valence-electron chi connectivity index (χ3n) is 2.94. The first-order chi connectivity index (χ1) is 6.26. The maximum Gasteiger partial charge on any atom is 0.0446 e. The van der Waals surface area contributed by atoms with Gasteiger partial charge in [-0.2, -0.15) is 0 Å². The standard InChI is InChI=1S/C10H22N2O/c1-2-9-3-5-12(7-9)8-10(11)4-6-13/h9-10,13H,2-8,11H2,1H3. The third kappa shape index (κ3) is 3.63. The molecule has 0 aromatic carbocycles. The average molecular weight is 186 g/mol. The van der Waals surface area contributed by atoms with Crippen LogP contribution in [0.1, 0.15) is 26.2 Å². The molecule has 0 radical (unpaired) electrons. The molecular weight excluding hydrogens is 164 g/mol. The van der Waals surface area contributed by atoms with Gasteiger partial charge in [-0.1, -0.05) is 13.3 Å². The predicted octanol–water partition coefficient (Wildman–Crippen LogP) is 0.428. The number of rotatable bonds is 5. The molecule has 1 heterocycles. The fourth-order valence-electron chi connectivity index (χ4n) is 2.00. The maximum absolute atomic E-state index is 8.71. The van der Waals surface area contributed by atoms with E-state index in [1.165, 1.54) is 25.9 Å². The molecule has 0 aromatic heterocycles. The Morgan fingerprint density at radius 3 is 2.92 bits per heavy atom. The number of hydrogen-bond acceptors (Lipinski definition) is 3. The molecule has 1 saturated heterocycles. The smallest absolute Gasteiger partial charge is 0.0446 e. The summed E-state index contributed by atoms with van der Waals surface area (Å²) in [5.74, 6) is 0.876. The average Bonchev–Trinajstić information content (AvgIpc) is 2.52. The fourth-order valence-corrected chi connectivity index (χ4v) is 2.00. The minimum atomic E-state index is 0.153. The second-order valence-electron chi connectivity index (χ2n) is 4.09. The van der Waals surface area contributed by atoms with E-state index in [2.05, 4.69) is 11.8 Å². The van der Waals surface area contributed by atoms with Crippen molar-refractivity contribution in [3.8, 4) is 0 Å². The Bertz CT molecular complexity index is 141. The highest BCUT2D eigenvalue weighted by atomic mass is 16.3. The van der Waals surface area contributed by atoms with Crippen molar-refractivity contribution in [2.75, 3.05) is 26.2 Å². The molecule has 78 valence electrons. The Hall–Kier alpha value is -0.120. The maximum atomic E-state index is 8.71. The van der Waals surface area contributed by atoms with Gasteiger partial charge in [-0.05, 0) is 25.3 Å². The summed E-state index contributed by atoms with van der Waals surface area (Å²) < 4.78 is 0. The van der Waals surface area contributed by atoms with E-state index in [9.17, 15) is 0 Å². The summed E-state index contributed by atoms with van der Waals surface area (Å²) in [6.45, 7) is 5.82. The van der Waals surface area contributed by atoms with Crippen LogP contribution in [0.5, 0.6) is 0 Å². The number of nitrogens with zero attached hydrogens (tertiary/aromatic N) is 1. The molecule has 0 bridgehead atoms. The van der Waals surface area contributed by atoms with Crippen molar-refractivity contribution in [2.24, 2.45) is 11.7 Å². The van der Waals surface area contributed by atoms with Crippen LogP contribution >= 0.6 is 0 Å². The highest BCUT2D eigenvalue weighted by Gasteiger charge is 2.21. The zero-order chi connectivity index (χ0) is 9.68. The van der Waals surface area contributed by atoms with Gasteiger partial charge < -0.3 is 15.7 Å². The van der Waals surface area contributed by atoms with Gasteiger partial charge in [-0.25, -0.2) is 0 Å². The largest absolute Gasteiger partial charge is 0.396 e. The van der Waals surface area contributed by atoms with Gasteiger partial charge in [0.15, 0.2) is 0 Å². The molecule has 1 fully saturated rings. The van der Waals surface area contributed by atoms with Crippen molar-refractivity contribution >= 4 is 0 Å². The number of likely N-dealkylation sites (tertiary alicyclic amines) is 1. The van der Waals surface area contributed by atoms with Gasteiger partial charge in [0.05, 0.1) is 0 Å². The van der Waals surface area contributed by atoms with E-state index in [0.717, 1.165) is 18.9 Å². The molecule has 13 heavy (non-hydrogen) atoms. The second-order valence-corrected chi connectivity index (χ2v) is 4.09. The molecule has 3 N–H and O–H groups in total. The Labute approximate surface area is 80.9 Å². The Morgan fingerprint density at radius 1 is 1.62 bits per heavy atom. The van der Waals surface area contributed by atoms with E-state index in [4.69, 9.17) is 10.8 Å². The summed E-state index contributed by atoms with van der Waals surface area (Å²) in [5, 5.41) is 8.71. The van der Waals surface area contributed by atoms with Crippen molar-refractivity contribution in [3.63, 3.8) is 0 Å². The van der Waals surface area contributed by atoms with Crippen LogP contribution < -0.4 is 5.73 Å². The van der Waals surface area contributed by atoms with Gasteiger partial charge >= 0.3 is 0 Å². The zero-order valence-corrected chi connectivity index (χ0v) is 8.58. The molecule has 2 atom stereocenters. The van der Waals surface area contributed by atoms with E-state index < -0.39 is 0 Å². The SMILES string of the molecule is CCC1CCN(CC(N)CCO)C1. The lowest BCUT2D eigenvalue weighted by atomic mass is 10.1. The van der Waals surface area contributed by atoms with Crippen LogP contribution in [-0.4, -0.2) is 42.3 Å². The number of hydrogen-bond donors (Lipinski definition) is 2. The second kappa shape index (κ2) is 5.58. The van der Waals surface area contributed by atoms with E-state index in [0.29, 0.717) is 0 Å². The van der Waals surface area contributed by atoms with Crippen molar-refractivity contribution in [1.29, 1.82) is 0 Å². The monoisotopic (exact) mass is 186 g/mol. The predicted molar refractivity (Wildman–Crippen MR) is 54.5 cm³/mol. The highest BCUT2D eigenvalue weighted by molar-refractivity contribution is 4.77. The quantitative estimate of drug-likeness (QED) is 0.654. The van der Waals surface area contributed by atoms with Crippen molar-refractivity contribution < 1.29 is 5.11 Å². The lowest BCUT2D eigenvalue weighted by Crippen LogP contribution is -2.36. The molecule has 0 aliphatic carbocycles. The number of aliphatic hydroxyl groups is 1. The molecule has 0 spiro atoms. The van der Waals surface area contributed by atoms with Crippen LogP contribution in [0, 0.1) is 5.92 Å². The Kier molecular flexibility index (Phi) is 4.70. The van der Waals surface area contributed by atoms with Crippen LogP contribution in [0.15, 0.2) is 0 Å². The lowest BCUT2D eigenvalue weighted by Gasteiger charge is -2.19. The third-order valence-corrected chi connectivity index (χ3v) is 2.94. The lowest BCUT2D eigenvalue weighted by molar-refractivity contribution is 0.243. The molecule has 1 aliphatic rings. The molecule has 1 rings (SSSR count). The molecule has 2 unspecified atom stereocenters. The fraction of sp³-hybridized carbons (Fsp3) is 1.00. The van der Waals surface area contributed by atoms with Crippen LogP contribution in [-0.2, 0) is 0 Å². The molecule has 3 heteroatoms. The number of nitrogens with two attached hydrogens (primary N) is 1. The molecule has 3 nitrogen and oxygen atoms in total. The summed E-state index contributed by atoms with van der Waals surface area (Å²) >= 11 is 0. The summed E-state index contributed by atoms with van der Waals surface area (Å²) in [5.41, 5.74) is 5.85. The number of aliphatic hydroxyl groups excluding tert-OH is 1. The van der Waals surface area contributed by atoms with Gasteiger partial charge in [0.2, 0.25) is 0 Å². The van der Waals surface area contributed by atoms with Crippen molar-refractivity contribution in [1.82, 2.24) is 4.90 Å². The van der Waals surface area contributed by atoms with Gasteiger partial charge in [-0.3, -0.25) is 0 Å². The first kappa shape index (κ1) is 11.0. The molecule has 1 aliphatic heterocycles. The van der Waals surface area contributed by atoms with E-state index in [1.807, 2.05) is 0 Å². The van der Waals surface area contributed by atoms with Crippen molar-refractivity contribution in [2.45, 2.75) is 32.2 Å². The summed E-state index contributed by atoms with van der Waals surface area (Å²) in [4.78, 5) is 2.43. The van der Waals surface area contributed by atoms with Crippen LogP contribution in [0.4, 0.5) is 0 Å². The minimum absolute atomic E-state index is 0.153. The van der Waals surface area contributed by atoms with E-state index in [1.54, 1.807) is 0 Å². The first-order valence-electron chi connectivity index (χ1n) is 5.35. The molecule has 0 aromatic rings. The highest BCUT2D eigenvalue weighted by Crippen LogP contribution is 2.18. The van der Waals surface area contributed by atoms with Crippen LogP contribution in [0.25, 0.3) is 0 Å². The molecular formula is C10H22N2O. The topological polar surface area (TPSA) is 49.5 Å². The molecule has 0 saturated carbocycles. The van der Waals surface area contributed by atoms with Gasteiger partial charge in [0.25, 0.3) is 0 Å². The minimum Gasteiger partial charge on any atom is -0.396 e. The van der Waals surface area contributed by atoms with E-state index >= 15 is 0 Å². The van der Waals surface area contributed by atoms with Crippen LogP contribution in [0.3, 0.4) is 0 Å². The Balaban J connectivity index is 2.16. The summed E-state index contributed by atoms with van der Waals surface area (Å²) in [6.07, 6.45) is 3.33. The first-order valence-corrected chi connectivity index (χ1v) is 5.35. The summed E-state index contributed by atoms with van der Waals surface area (Å²) in [7, 11) is 0.